The molecule has 2 heterocycles. The fraction of sp³-hybridized carbons (Fsp3) is 0.786. The third kappa shape index (κ3) is 2.93. The summed E-state index contributed by atoms with van der Waals surface area (Å²) in [5.74, 6) is 0. The van der Waals surface area contributed by atoms with Gasteiger partial charge in [-0.2, -0.15) is 0 Å². The summed E-state index contributed by atoms with van der Waals surface area (Å²) in [6, 6.07) is 0. The molecule has 1 aromatic heterocycles. The standard InChI is InChI=1S/C14H24N4S/c15-12-14(2-1-3-14)4-6-17-7-9-18(10-8-17)13-16-5-11-19-13/h5,11H,1-4,6-10,12,15H2. The van der Waals surface area contributed by atoms with Crippen LogP contribution < -0.4 is 10.6 Å². The van der Waals surface area contributed by atoms with Crippen LogP contribution in [0.3, 0.4) is 0 Å². The van der Waals surface area contributed by atoms with Gasteiger partial charge < -0.3 is 10.6 Å². The number of thiazole rings is 1. The number of hydrogen-bond acceptors (Lipinski definition) is 5. The summed E-state index contributed by atoms with van der Waals surface area (Å²) >= 11 is 1.74. The quantitative estimate of drug-likeness (QED) is 0.893. The first kappa shape index (κ1) is 13.3. The SMILES string of the molecule is NCC1(CCN2CCN(c3nccs3)CC2)CCC1. The number of anilines is 1. The molecular weight excluding hydrogens is 256 g/mol. The van der Waals surface area contributed by atoms with Crippen molar-refractivity contribution in [3.05, 3.63) is 11.6 Å². The lowest BCUT2D eigenvalue weighted by molar-refractivity contribution is 0.104. The molecular formula is C14H24N4S. The summed E-state index contributed by atoms with van der Waals surface area (Å²) in [7, 11) is 0. The third-order valence-electron chi connectivity index (χ3n) is 4.87. The predicted octanol–water partition coefficient (Wildman–Crippen LogP) is 1.78. The summed E-state index contributed by atoms with van der Waals surface area (Å²) in [4.78, 5) is 9.40. The molecule has 0 amide bonds. The first-order chi connectivity index (χ1) is 9.31. The topological polar surface area (TPSA) is 45.4 Å². The maximum absolute atomic E-state index is 5.94. The maximum atomic E-state index is 5.94. The molecule has 1 aliphatic heterocycles. The van der Waals surface area contributed by atoms with Crippen molar-refractivity contribution in [1.82, 2.24) is 9.88 Å². The Balaban J connectivity index is 1.43. The molecule has 0 unspecified atom stereocenters. The monoisotopic (exact) mass is 280 g/mol. The van der Waals surface area contributed by atoms with Crippen LogP contribution >= 0.6 is 11.3 Å². The van der Waals surface area contributed by atoms with Gasteiger partial charge in [-0.05, 0) is 37.8 Å². The minimum atomic E-state index is 0.493. The van der Waals surface area contributed by atoms with E-state index in [2.05, 4.69) is 20.2 Å². The first-order valence-corrected chi connectivity index (χ1v) is 8.26. The van der Waals surface area contributed by atoms with E-state index in [1.165, 1.54) is 50.4 Å². The average Bonchev–Trinajstić information content (AvgIpc) is 2.93. The summed E-state index contributed by atoms with van der Waals surface area (Å²) < 4.78 is 0. The Kier molecular flexibility index (Phi) is 4.05. The number of hydrogen-bond donors (Lipinski definition) is 1. The van der Waals surface area contributed by atoms with Crippen molar-refractivity contribution >= 4 is 16.5 Å². The van der Waals surface area contributed by atoms with Gasteiger partial charge in [-0.3, -0.25) is 4.90 Å². The van der Waals surface area contributed by atoms with Crippen molar-refractivity contribution < 1.29 is 0 Å². The van der Waals surface area contributed by atoms with Crippen molar-refractivity contribution in [3.8, 4) is 0 Å². The molecule has 2 fully saturated rings. The van der Waals surface area contributed by atoms with Crippen molar-refractivity contribution in [2.45, 2.75) is 25.7 Å². The highest BCUT2D eigenvalue weighted by molar-refractivity contribution is 7.13. The number of rotatable bonds is 5. The van der Waals surface area contributed by atoms with E-state index >= 15 is 0 Å². The highest BCUT2D eigenvalue weighted by atomic mass is 32.1. The van der Waals surface area contributed by atoms with Crippen molar-refractivity contribution in [2.24, 2.45) is 11.1 Å². The van der Waals surface area contributed by atoms with Gasteiger partial charge in [0.05, 0.1) is 0 Å². The molecule has 1 aromatic rings. The van der Waals surface area contributed by atoms with Crippen LogP contribution in [-0.4, -0.2) is 49.2 Å². The zero-order valence-corrected chi connectivity index (χ0v) is 12.4. The minimum Gasteiger partial charge on any atom is -0.346 e. The fourth-order valence-electron chi connectivity index (χ4n) is 3.16. The normalized spacial score (nSPS) is 23.3. The summed E-state index contributed by atoms with van der Waals surface area (Å²) in [6.45, 7) is 6.67. The third-order valence-corrected chi connectivity index (χ3v) is 5.70. The van der Waals surface area contributed by atoms with Gasteiger partial charge in [0.1, 0.15) is 0 Å². The van der Waals surface area contributed by atoms with Gasteiger partial charge in [0.15, 0.2) is 5.13 Å². The van der Waals surface area contributed by atoms with Gasteiger partial charge in [0.25, 0.3) is 0 Å². The molecule has 2 aliphatic rings. The molecule has 0 radical (unpaired) electrons. The molecule has 1 aliphatic carbocycles. The largest absolute Gasteiger partial charge is 0.346 e. The Hall–Kier alpha value is -0.650. The van der Waals surface area contributed by atoms with Crippen LogP contribution in [0, 0.1) is 5.41 Å². The Labute approximate surface area is 119 Å². The summed E-state index contributed by atoms with van der Waals surface area (Å²) in [6.07, 6.45) is 7.27. The number of nitrogens with two attached hydrogens (primary N) is 1. The fourth-order valence-corrected chi connectivity index (χ4v) is 3.86. The van der Waals surface area contributed by atoms with E-state index < -0.39 is 0 Å². The second-order valence-electron chi connectivity index (χ2n) is 5.95. The lowest BCUT2D eigenvalue weighted by atomic mass is 9.66. The van der Waals surface area contributed by atoms with E-state index in [0.717, 1.165) is 19.6 Å². The Morgan fingerprint density at radius 2 is 2.05 bits per heavy atom. The van der Waals surface area contributed by atoms with Crippen LogP contribution in [0.15, 0.2) is 11.6 Å². The average molecular weight is 280 g/mol. The van der Waals surface area contributed by atoms with E-state index in [1.807, 2.05) is 6.20 Å². The van der Waals surface area contributed by atoms with Crippen molar-refractivity contribution in [3.63, 3.8) is 0 Å². The van der Waals surface area contributed by atoms with Crippen LogP contribution in [0.4, 0.5) is 5.13 Å². The van der Waals surface area contributed by atoms with Crippen LogP contribution in [0.5, 0.6) is 0 Å². The molecule has 1 saturated heterocycles. The summed E-state index contributed by atoms with van der Waals surface area (Å²) in [5.41, 5.74) is 6.43. The van der Waals surface area contributed by atoms with Crippen LogP contribution in [0.25, 0.3) is 0 Å². The summed E-state index contributed by atoms with van der Waals surface area (Å²) in [5, 5.41) is 3.24. The number of piperazine rings is 1. The van der Waals surface area contributed by atoms with Gasteiger partial charge >= 0.3 is 0 Å². The Morgan fingerprint density at radius 1 is 1.26 bits per heavy atom. The van der Waals surface area contributed by atoms with Crippen molar-refractivity contribution in [1.29, 1.82) is 0 Å². The van der Waals surface area contributed by atoms with Gasteiger partial charge in [0, 0.05) is 37.8 Å². The van der Waals surface area contributed by atoms with Crippen LogP contribution in [-0.2, 0) is 0 Å². The van der Waals surface area contributed by atoms with E-state index in [0.29, 0.717) is 5.41 Å². The van der Waals surface area contributed by atoms with E-state index in [9.17, 15) is 0 Å². The highest BCUT2D eigenvalue weighted by Crippen LogP contribution is 2.42. The van der Waals surface area contributed by atoms with Gasteiger partial charge in [-0.25, -0.2) is 4.98 Å². The molecule has 106 valence electrons. The molecule has 0 spiro atoms. The molecule has 3 rings (SSSR count). The van der Waals surface area contributed by atoms with Crippen LogP contribution in [0.1, 0.15) is 25.7 Å². The molecule has 0 bridgehead atoms. The first-order valence-electron chi connectivity index (χ1n) is 7.38. The molecule has 5 heteroatoms. The second kappa shape index (κ2) is 5.77. The van der Waals surface area contributed by atoms with E-state index in [4.69, 9.17) is 5.73 Å². The van der Waals surface area contributed by atoms with Crippen molar-refractivity contribution in [2.75, 3.05) is 44.2 Å². The molecule has 0 atom stereocenters. The lowest BCUT2D eigenvalue weighted by Gasteiger charge is -2.43. The van der Waals surface area contributed by atoms with Gasteiger partial charge in [-0.15, -0.1) is 11.3 Å². The predicted molar refractivity (Wildman–Crippen MR) is 80.7 cm³/mol. The highest BCUT2D eigenvalue weighted by Gasteiger charge is 2.35. The Morgan fingerprint density at radius 3 is 2.58 bits per heavy atom. The van der Waals surface area contributed by atoms with E-state index in [-0.39, 0.29) is 0 Å². The maximum Gasteiger partial charge on any atom is 0.185 e. The van der Waals surface area contributed by atoms with Crippen LogP contribution in [0.2, 0.25) is 0 Å². The Bertz CT molecular complexity index is 375. The zero-order valence-electron chi connectivity index (χ0n) is 11.6. The molecule has 2 N–H and O–H groups in total. The zero-order chi connectivity index (χ0) is 13.1. The van der Waals surface area contributed by atoms with Gasteiger partial charge in [-0.1, -0.05) is 6.42 Å². The molecule has 0 aromatic carbocycles. The number of aromatic nitrogens is 1. The lowest BCUT2D eigenvalue weighted by Crippen LogP contribution is -2.48. The molecule has 19 heavy (non-hydrogen) atoms. The number of nitrogens with zero attached hydrogens (tertiary/aromatic N) is 3. The molecule has 1 saturated carbocycles. The van der Waals surface area contributed by atoms with E-state index in [1.54, 1.807) is 11.3 Å². The minimum absolute atomic E-state index is 0.493. The smallest absolute Gasteiger partial charge is 0.185 e. The van der Waals surface area contributed by atoms with Gasteiger partial charge in [0.2, 0.25) is 0 Å². The second-order valence-corrected chi connectivity index (χ2v) is 6.82. The molecule has 4 nitrogen and oxygen atoms in total.